The molecule has 1 heterocycles. The Morgan fingerprint density at radius 3 is 2.42 bits per heavy atom. The summed E-state index contributed by atoms with van der Waals surface area (Å²) in [4.78, 5) is 22.5. The SMILES string of the molecule is CC.O=c1[nH]c2cc(F)cc(F)c2c(O)c1[N+](=O)[O-]. The molecule has 0 radical (unpaired) electrons. The van der Waals surface area contributed by atoms with Crippen LogP contribution in [0.1, 0.15) is 13.8 Å². The van der Waals surface area contributed by atoms with Gasteiger partial charge >= 0.3 is 11.2 Å². The molecule has 2 N–H and O–H groups in total. The number of hydrogen-bond donors (Lipinski definition) is 2. The second kappa shape index (κ2) is 5.42. The van der Waals surface area contributed by atoms with Crippen molar-refractivity contribution in [3.05, 3.63) is 44.2 Å². The molecule has 0 saturated heterocycles. The molecule has 0 aliphatic rings. The lowest BCUT2D eigenvalue weighted by Gasteiger charge is -2.03. The number of H-pyrrole nitrogens is 1. The fourth-order valence-electron chi connectivity index (χ4n) is 1.49. The van der Waals surface area contributed by atoms with Crippen LogP contribution in [0.2, 0.25) is 0 Å². The Morgan fingerprint density at radius 2 is 1.89 bits per heavy atom. The quantitative estimate of drug-likeness (QED) is 0.615. The lowest BCUT2D eigenvalue weighted by atomic mass is 10.1. The van der Waals surface area contributed by atoms with Gasteiger partial charge in [0.2, 0.25) is 5.75 Å². The van der Waals surface area contributed by atoms with E-state index in [0.29, 0.717) is 6.07 Å². The summed E-state index contributed by atoms with van der Waals surface area (Å²) in [6, 6.07) is 1.20. The second-order valence-electron chi connectivity index (χ2n) is 3.22. The van der Waals surface area contributed by atoms with E-state index in [-0.39, 0.29) is 5.52 Å². The first kappa shape index (κ1) is 14.6. The van der Waals surface area contributed by atoms with Crippen molar-refractivity contribution in [2.24, 2.45) is 0 Å². The smallest absolute Gasteiger partial charge is 0.375 e. The minimum Gasteiger partial charge on any atom is -0.501 e. The van der Waals surface area contributed by atoms with E-state index in [1.807, 2.05) is 18.8 Å². The Hall–Kier alpha value is -2.51. The van der Waals surface area contributed by atoms with Gasteiger partial charge in [-0.3, -0.25) is 14.9 Å². The van der Waals surface area contributed by atoms with Gasteiger partial charge in [0.15, 0.2) is 0 Å². The zero-order chi connectivity index (χ0) is 14.7. The van der Waals surface area contributed by atoms with Gasteiger partial charge < -0.3 is 10.1 Å². The summed E-state index contributed by atoms with van der Waals surface area (Å²) in [6.07, 6.45) is 0. The average Bonchev–Trinajstić information content (AvgIpc) is 2.29. The van der Waals surface area contributed by atoms with Crippen LogP contribution in [0.25, 0.3) is 10.9 Å². The molecule has 0 bridgehead atoms. The number of pyridine rings is 1. The molecule has 0 unspecified atom stereocenters. The van der Waals surface area contributed by atoms with Gasteiger partial charge in [-0.1, -0.05) is 13.8 Å². The van der Waals surface area contributed by atoms with Crippen molar-refractivity contribution in [1.29, 1.82) is 0 Å². The Kier molecular flexibility index (Phi) is 4.15. The maximum absolute atomic E-state index is 13.3. The van der Waals surface area contributed by atoms with E-state index in [4.69, 9.17) is 0 Å². The molecule has 2 aromatic rings. The molecule has 8 heteroatoms. The highest BCUT2D eigenvalue weighted by molar-refractivity contribution is 5.88. The molecule has 0 aliphatic heterocycles. The standard InChI is InChI=1S/C9H4F2N2O4.C2H6/c10-3-1-4(11)6-5(2-3)12-9(15)7(8(6)14)13(16)17;1-2/h1-2H,(H2,12,14,15);1-2H3. The Morgan fingerprint density at radius 1 is 1.32 bits per heavy atom. The number of nitrogens with one attached hydrogen (secondary N) is 1. The topological polar surface area (TPSA) is 96.2 Å². The van der Waals surface area contributed by atoms with Crippen molar-refractivity contribution in [2.75, 3.05) is 0 Å². The van der Waals surface area contributed by atoms with E-state index < -0.39 is 38.9 Å². The van der Waals surface area contributed by atoms with E-state index in [1.54, 1.807) is 0 Å². The van der Waals surface area contributed by atoms with Gasteiger partial charge in [0, 0.05) is 6.07 Å². The third-order valence-electron chi connectivity index (χ3n) is 2.16. The van der Waals surface area contributed by atoms with Gasteiger partial charge in [-0.2, -0.15) is 0 Å². The van der Waals surface area contributed by atoms with Gasteiger partial charge in [-0.15, -0.1) is 0 Å². The zero-order valence-electron chi connectivity index (χ0n) is 10.0. The van der Waals surface area contributed by atoms with Crippen LogP contribution in [0.3, 0.4) is 0 Å². The highest BCUT2D eigenvalue weighted by atomic mass is 19.1. The maximum atomic E-state index is 13.3. The Bertz CT molecular complexity index is 697. The number of hydrogen-bond acceptors (Lipinski definition) is 4. The maximum Gasteiger partial charge on any atom is 0.375 e. The lowest BCUT2D eigenvalue weighted by Crippen LogP contribution is -2.12. The van der Waals surface area contributed by atoms with Crippen molar-refractivity contribution in [2.45, 2.75) is 13.8 Å². The van der Waals surface area contributed by atoms with Crippen LogP contribution < -0.4 is 5.56 Å². The molecule has 1 aromatic heterocycles. The molecule has 0 saturated carbocycles. The van der Waals surface area contributed by atoms with Crippen LogP contribution in [0.15, 0.2) is 16.9 Å². The van der Waals surface area contributed by atoms with Crippen LogP contribution in [0.4, 0.5) is 14.5 Å². The monoisotopic (exact) mass is 272 g/mol. The van der Waals surface area contributed by atoms with Gasteiger partial charge in [-0.25, -0.2) is 8.78 Å². The van der Waals surface area contributed by atoms with E-state index in [0.717, 1.165) is 6.07 Å². The molecule has 2 rings (SSSR count). The van der Waals surface area contributed by atoms with E-state index in [9.17, 15) is 28.8 Å². The van der Waals surface area contributed by atoms with Crippen LogP contribution >= 0.6 is 0 Å². The zero-order valence-corrected chi connectivity index (χ0v) is 10.0. The molecule has 0 aliphatic carbocycles. The minimum absolute atomic E-state index is 0.351. The number of nitrogens with zero attached hydrogens (tertiary/aromatic N) is 1. The highest BCUT2D eigenvalue weighted by Gasteiger charge is 2.24. The van der Waals surface area contributed by atoms with Gasteiger partial charge in [0.05, 0.1) is 15.8 Å². The Balaban J connectivity index is 0.000000861. The molecule has 102 valence electrons. The second-order valence-corrected chi connectivity index (χ2v) is 3.22. The van der Waals surface area contributed by atoms with Gasteiger partial charge in [-0.05, 0) is 6.07 Å². The third kappa shape index (κ3) is 2.51. The summed E-state index contributed by atoms with van der Waals surface area (Å²) in [5.74, 6) is -3.29. The molecule has 0 fully saturated rings. The fourth-order valence-corrected chi connectivity index (χ4v) is 1.49. The predicted molar refractivity (Wildman–Crippen MR) is 64.2 cm³/mol. The van der Waals surface area contributed by atoms with E-state index in [2.05, 4.69) is 0 Å². The summed E-state index contributed by atoms with van der Waals surface area (Å²) in [5.41, 5.74) is -2.76. The molecule has 1 aromatic carbocycles. The minimum atomic E-state index is -1.23. The summed E-state index contributed by atoms with van der Waals surface area (Å²) in [5, 5.41) is 19.3. The van der Waals surface area contributed by atoms with Gasteiger partial charge in [0.25, 0.3) is 0 Å². The van der Waals surface area contributed by atoms with E-state index >= 15 is 0 Å². The number of fused-ring (bicyclic) bond motifs is 1. The number of halogens is 2. The molecule has 19 heavy (non-hydrogen) atoms. The van der Waals surface area contributed by atoms with Crippen LogP contribution in [-0.2, 0) is 0 Å². The number of rotatable bonds is 1. The largest absolute Gasteiger partial charge is 0.501 e. The normalized spacial score (nSPS) is 9.89. The number of aromatic nitrogens is 1. The highest BCUT2D eigenvalue weighted by Crippen LogP contribution is 2.31. The average molecular weight is 272 g/mol. The summed E-state index contributed by atoms with van der Waals surface area (Å²) in [6.45, 7) is 4.00. The first-order valence-electron chi connectivity index (χ1n) is 5.30. The van der Waals surface area contributed by atoms with Gasteiger partial charge in [0.1, 0.15) is 11.6 Å². The third-order valence-corrected chi connectivity index (χ3v) is 2.16. The van der Waals surface area contributed by atoms with Crippen molar-refractivity contribution in [3.8, 4) is 5.75 Å². The van der Waals surface area contributed by atoms with E-state index in [1.165, 1.54) is 0 Å². The molecule has 0 spiro atoms. The predicted octanol–water partition coefficient (Wildman–Crippen LogP) is 2.45. The summed E-state index contributed by atoms with van der Waals surface area (Å²) >= 11 is 0. The fraction of sp³-hybridized carbons (Fsp3) is 0.182. The molecule has 0 amide bonds. The summed E-state index contributed by atoms with van der Waals surface area (Å²) < 4.78 is 26.2. The van der Waals surface area contributed by atoms with Crippen LogP contribution in [0, 0.1) is 21.7 Å². The Labute approximate surface area is 105 Å². The van der Waals surface area contributed by atoms with Crippen molar-refractivity contribution < 1.29 is 18.8 Å². The van der Waals surface area contributed by atoms with Crippen molar-refractivity contribution >= 4 is 16.6 Å². The molecule has 0 atom stereocenters. The van der Waals surface area contributed by atoms with Crippen LogP contribution in [-0.4, -0.2) is 15.0 Å². The number of benzene rings is 1. The first-order chi connectivity index (χ1) is 8.91. The lowest BCUT2D eigenvalue weighted by molar-refractivity contribution is -0.387. The van der Waals surface area contributed by atoms with Crippen molar-refractivity contribution in [3.63, 3.8) is 0 Å². The summed E-state index contributed by atoms with van der Waals surface area (Å²) in [7, 11) is 0. The number of nitro groups is 1. The molecular formula is C11H10F2N2O4. The van der Waals surface area contributed by atoms with Crippen LogP contribution in [0.5, 0.6) is 5.75 Å². The molecular weight excluding hydrogens is 262 g/mol. The number of aromatic hydroxyl groups is 1. The first-order valence-corrected chi connectivity index (χ1v) is 5.30. The number of aromatic amines is 1. The van der Waals surface area contributed by atoms with Crippen molar-refractivity contribution in [1.82, 2.24) is 4.98 Å². The molecule has 6 nitrogen and oxygen atoms in total.